The fourth-order valence-corrected chi connectivity index (χ4v) is 2.52. The summed E-state index contributed by atoms with van der Waals surface area (Å²) >= 11 is 11.6. The van der Waals surface area contributed by atoms with E-state index in [1.54, 1.807) is 6.92 Å². The van der Waals surface area contributed by atoms with Crippen LogP contribution in [0.3, 0.4) is 0 Å². The molecule has 0 heterocycles. The highest BCUT2D eigenvalue weighted by molar-refractivity contribution is 6.35. The second-order valence-electron chi connectivity index (χ2n) is 4.67. The van der Waals surface area contributed by atoms with Crippen LogP contribution in [0, 0.1) is 11.7 Å². The molecule has 2 rings (SSSR count). The molecule has 1 atom stereocenters. The second kappa shape index (κ2) is 4.17. The van der Waals surface area contributed by atoms with Gasteiger partial charge in [-0.05, 0) is 31.4 Å². The lowest BCUT2D eigenvalue weighted by Crippen LogP contribution is -2.22. The molecule has 1 aliphatic rings. The molecule has 1 nitrogen and oxygen atoms in total. The van der Waals surface area contributed by atoms with Gasteiger partial charge in [-0.1, -0.05) is 36.0 Å². The van der Waals surface area contributed by atoms with E-state index in [0.29, 0.717) is 22.9 Å². The summed E-state index contributed by atoms with van der Waals surface area (Å²) in [6.45, 7) is 1.67. The summed E-state index contributed by atoms with van der Waals surface area (Å²) in [6.07, 6.45) is 2.88. The first-order valence-corrected chi connectivity index (χ1v) is 6.03. The Morgan fingerprint density at radius 2 is 2.00 bits per heavy atom. The Labute approximate surface area is 104 Å². The summed E-state index contributed by atoms with van der Waals surface area (Å²) < 4.78 is 13.3. The molecule has 0 radical (unpaired) electrons. The van der Waals surface area contributed by atoms with E-state index in [1.165, 1.54) is 12.1 Å². The first kappa shape index (κ1) is 12.2. The SMILES string of the molecule is CC(O)(CC1CC1)c1cc(F)c(Cl)cc1Cl. The first-order valence-electron chi connectivity index (χ1n) is 5.27. The third-order valence-corrected chi connectivity index (χ3v) is 3.58. The number of rotatable bonds is 3. The first-order chi connectivity index (χ1) is 7.40. The van der Waals surface area contributed by atoms with Crippen molar-refractivity contribution in [3.8, 4) is 0 Å². The van der Waals surface area contributed by atoms with Crippen molar-refractivity contribution in [3.63, 3.8) is 0 Å². The molecule has 1 aromatic carbocycles. The molecule has 0 aliphatic heterocycles. The van der Waals surface area contributed by atoms with Crippen LogP contribution in [-0.2, 0) is 5.60 Å². The van der Waals surface area contributed by atoms with E-state index in [1.807, 2.05) is 0 Å². The monoisotopic (exact) mass is 262 g/mol. The van der Waals surface area contributed by atoms with Gasteiger partial charge in [-0.25, -0.2) is 4.39 Å². The largest absolute Gasteiger partial charge is 0.385 e. The lowest BCUT2D eigenvalue weighted by Gasteiger charge is -2.25. The van der Waals surface area contributed by atoms with Crippen molar-refractivity contribution >= 4 is 23.2 Å². The highest BCUT2D eigenvalue weighted by atomic mass is 35.5. The molecule has 1 unspecified atom stereocenters. The maximum Gasteiger partial charge on any atom is 0.142 e. The van der Waals surface area contributed by atoms with Crippen LogP contribution in [0.5, 0.6) is 0 Å². The van der Waals surface area contributed by atoms with Crippen molar-refractivity contribution in [2.45, 2.75) is 31.8 Å². The average Bonchev–Trinajstić information content (AvgIpc) is 2.94. The van der Waals surface area contributed by atoms with Gasteiger partial charge in [0.25, 0.3) is 0 Å². The van der Waals surface area contributed by atoms with Gasteiger partial charge in [0.15, 0.2) is 0 Å². The summed E-state index contributed by atoms with van der Waals surface area (Å²) in [5.74, 6) is -0.0121. The molecule has 1 N–H and O–H groups in total. The molecule has 0 aromatic heterocycles. The predicted octanol–water partition coefficient (Wildman–Crippen LogP) is 4.14. The lowest BCUT2D eigenvalue weighted by molar-refractivity contribution is 0.0415. The van der Waals surface area contributed by atoms with Crippen LogP contribution in [0.15, 0.2) is 12.1 Å². The van der Waals surface area contributed by atoms with Crippen LogP contribution in [0.25, 0.3) is 0 Å². The van der Waals surface area contributed by atoms with Gasteiger partial charge in [0, 0.05) is 10.6 Å². The molecule has 0 bridgehead atoms. The summed E-state index contributed by atoms with van der Waals surface area (Å²) in [5.41, 5.74) is -0.660. The third-order valence-electron chi connectivity index (χ3n) is 2.97. The molecule has 1 aromatic rings. The zero-order valence-corrected chi connectivity index (χ0v) is 10.4. The van der Waals surface area contributed by atoms with Crippen LogP contribution in [-0.4, -0.2) is 5.11 Å². The molecule has 1 saturated carbocycles. The number of hydrogen-bond donors (Lipinski definition) is 1. The van der Waals surface area contributed by atoms with Gasteiger partial charge in [0.05, 0.1) is 10.6 Å². The second-order valence-corrected chi connectivity index (χ2v) is 5.48. The Morgan fingerprint density at radius 1 is 1.38 bits per heavy atom. The zero-order chi connectivity index (χ0) is 11.9. The topological polar surface area (TPSA) is 20.2 Å². The van der Waals surface area contributed by atoms with E-state index in [2.05, 4.69) is 0 Å². The molecule has 16 heavy (non-hydrogen) atoms. The minimum absolute atomic E-state index is 0.0176. The van der Waals surface area contributed by atoms with E-state index in [0.717, 1.165) is 12.8 Å². The minimum atomic E-state index is -1.08. The number of halogens is 3. The lowest BCUT2D eigenvalue weighted by atomic mass is 9.90. The molecule has 88 valence electrons. The summed E-state index contributed by atoms with van der Waals surface area (Å²) in [7, 11) is 0. The van der Waals surface area contributed by atoms with E-state index >= 15 is 0 Å². The van der Waals surface area contributed by atoms with Gasteiger partial charge in [0.2, 0.25) is 0 Å². The predicted molar refractivity (Wildman–Crippen MR) is 63.3 cm³/mol. The van der Waals surface area contributed by atoms with Gasteiger partial charge in [-0.2, -0.15) is 0 Å². The maximum absolute atomic E-state index is 13.3. The minimum Gasteiger partial charge on any atom is -0.385 e. The molecule has 1 fully saturated rings. The summed E-state index contributed by atoms with van der Waals surface area (Å²) in [5, 5.41) is 10.6. The highest BCUT2D eigenvalue weighted by Crippen LogP contribution is 2.42. The third kappa shape index (κ3) is 2.50. The van der Waals surface area contributed by atoms with E-state index in [4.69, 9.17) is 23.2 Å². The van der Waals surface area contributed by atoms with E-state index in [9.17, 15) is 9.50 Å². The van der Waals surface area contributed by atoms with Gasteiger partial charge >= 0.3 is 0 Å². The normalized spacial score (nSPS) is 19.6. The Hall–Kier alpha value is -0.310. The molecule has 1 aliphatic carbocycles. The Bertz CT molecular complexity index is 414. The van der Waals surface area contributed by atoms with Crippen LogP contribution >= 0.6 is 23.2 Å². The van der Waals surface area contributed by atoms with Gasteiger partial charge < -0.3 is 5.11 Å². The van der Waals surface area contributed by atoms with Gasteiger partial charge in [-0.3, -0.25) is 0 Å². The van der Waals surface area contributed by atoms with Gasteiger partial charge in [0.1, 0.15) is 5.82 Å². The molecule has 0 spiro atoms. The van der Waals surface area contributed by atoms with Gasteiger partial charge in [-0.15, -0.1) is 0 Å². The molecule has 0 saturated heterocycles. The van der Waals surface area contributed by atoms with Crippen molar-refractivity contribution in [3.05, 3.63) is 33.6 Å². The quantitative estimate of drug-likeness (QED) is 0.812. The van der Waals surface area contributed by atoms with E-state index in [-0.39, 0.29) is 5.02 Å². The summed E-state index contributed by atoms with van der Waals surface area (Å²) in [6, 6.07) is 2.57. The molecule has 0 amide bonds. The van der Waals surface area contributed by atoms with Crippen LogP contribution in [0.2, 0.25) is 10.0 Å². The molecular formula is C12H13Cl2FO. The Kier molecular flexibility index (Phi) is 3.17. The van der Waals surface area contributed by atoms with Crippen molar-refractivity contribution in [1.29, 1.82) is 0 Å². The fourth-order valence-electron chi connectivity index (χ4n) is 1.93. The number of hydrogen-bond acceptors (Lipinski definition) is 1. The Morgan fingerprint density at radius 3 is 2.56 bits per heavy atom. The van der Waals surface area contributed by atoms with Crippen molar-refractivity contribution in [2.24, 2.45) is 5.92 Å². The molecule has 4 heteroatoms. The Balaban J connectivity index is 2.33. The maximum atomic E-state index is 13.3. The fraction of sp³-hybridized carbons (Fsp3) is 0.500. The summed E-state index contributed by atoms with van der Waals surface area (Å²) in [4.78, 5) is 0. The van der Waals surface area contributed by atoms with Crippen LogP contribution in [0.4, 0.5) is 4.39 Å². The number of benzene rings is 1. The van der Waals surface area contributed by atoms with Crippen molar-refractivity contribution in [2.75, 3.05) is 0 Å². The zero-order valence-electron chi connectivity index (χ0n) is 8.93. The van der Waals surface area contributed by atoms with Crippen LogP contribution in [0.1, 0.15) is 31.7 Å². The van der Waals surface area contributed by atoms with Crippen molar-refractivity contribution < 1.29 is 9.50 Å². The highest BCUT2D eigenvalue weighted by Gasteiger charge is 2.34. The molecular weight excluding hydrogens is 250 g/mol. The number of aliphatic hydroxyl groups is 1. The smallest absolute Gasteiger partial charge is 0.142 e. The van der Waals surface area contributed by atoms with Crippen LogP contribution < -0.4 is 0 Å². The van der Waals surface area contributed by atoms with E-state index < -0.39 is 11.4 Å². The van der Waals surface area contributed by atoms with Crippen molar-refractivity contribution in [1.82, 2.24) is 0 Å². The standard InChI is InChI=1S/C12H13Cl2FO/c1-12(16,6-7-2-3-7)8-4-11(15)10(14)5-9(8)13/h4-5,7,16H,2-3,6H2,1H3. The average molecular weight is 263 g/mol.